The topological polar surface area (TPSA) is 77.8 Å². The summed E-state index contributed by atoms with van der Waals surface area (Å²) in [6, 6.07) is 10.2. The van der Waals surface area contributed by atoms with Crippen LogP contribution in [0.5, 0.6) is 0 Å². The van der Waals surface area contributed by atoms with E-state index in [0.29, 0.717) is 22.5 Å². The Morgan fingerprint density at radius 2 is 1.70 bits per heavy atom. The summed E-state index contributed by atoms with van der Waals surface area (Å²) in [7, 11) is 0. The van der Waals surface area contributed by atoms with E-state index < -0.39 is 0 Å². The lowest BCUT2D eigenvalue weighted by Gasteiger charge is -2.10. The highest BCUT2D eigenvalue weighted by Gasteiger charge is 2.15. The van der Waals surface area contributed by atoms with E-state index in [9.17, 15) is 4.39 Å². The van der Waals surface area contributed by atoms with Crippen molar-refractivity contribution in [3.63, 3.8) is 0 Å². The first-order valence-electron chi connectivity index (χ1n) is 6.14. The summed E-state index contributed by atoms with van der Waals surface area (Å²) >= 11 is 0. The SMILES string of the molecule is Cc1ccc2ccc(F)c(-c3ccc(N)nc3N)c2n1. The van der Waals surface area contributed by atoms with Gasteiger partial charge in [0.25, 0.3) is 0 Å². The van der Waals surface area contributed by atoms with Crippen LogP contribution >= 0.6 is 0 Å². The second-order valence-corrected chi connectivity index (χ2v) is 4.62. The van der Waals surface area contributed by atoms with Gasteiger partial charge in [-0.05, 0) is 37.3 Å². The molecule has 4 nitrogen and oxygen atoms in total. The molecule has 3 rings (SSSR count). The lowest BCUT2D eigenvalue weighted by Crippen LogP contribution is -2.00. The van der Waals surface area contributed by atoms with Crippen LogP contribution in [0.4, 0.5) is 16.0 Å². The molecule has 0 fully saturated rings. The molecule has 0 saturated carbocycles. The van der Waals surface area contributed by atoms with Crippen LogP contribution in [-0.4, -0.2) is 9.97 Å². The molecule has 2 aromatic heterocycles. The van der Waals surface area contributed by atoms with Gasteiger partial charge in [0.2, 0.25) is 0 Å². The number of hydrogen-bond acceptors (Lipinski definition) is 4. The molecule has 20 heavy (non-hydrogen) atoms. The van der Waals surface area contributed by atoms with Crippen molar-refractivity contribution >= 4 is 22.5 Å². The first-order chi connectivity index (χ1) is 9.56. The summed E-state index contributed by atoms with van der Waals surface area (Å²) in [5.41, 5.74) is 13.7. The molecular formula is C15H13FN4. The Bertz CT molecular complexity index is 809. The molecule has 3 aromatic rings. The van der Waals surface area contributed by atoms with E-state index in [-0.39, 0.29) is 11.6 Å². The van der Waals surface area contributed by atoms with Gasteiger partial charge in [-0.25, -0.2) is 9.37 Å². The van der Waals surface area contributed by atoms with Crippen molar-refractivity contribution in [2.45, 2.75) is 6.92 Å². The fourth-order valence-electron chi connectivity index (χ4n) is 2.22. The molecule has 0 radical (unpaired) electrons. The molecule has 0 atom stereocenters. The Morgan fingerprint density at radius 1 is 0.950 bits per heavy atom. The summed E-state index contributed by atoms with van der Waals surface area (Å²) in [6.45, 7) is 1.86. The summed E-state index contributed by atoms with van der Waals surface area (Å²) in [5, 5.41) is 0.850. The molecule has 0 spiro atoms. The lowest BCUT2D eigenvalue weighted by molar-refractivity contribution is 0.632. The highest BCUT2D eigenvalue weighted by atomic mass is 19.1. The number of halogens is 1. The van der Waals surface area contributed by atoms with Crippen LogP contribution in [0.1, 0.15) is 5.69 Å². The number of nitrogens with zero attached hydrogens (tertiary/aromatic N) is 2. The monoisotopic (exact) mass is 268 g/mol. The Balaban J connectivity index is 2.40. The zero-order valence-electron chi connectivity index (χ0n) is 10.9. The van der Waals surface area contributed by atoms with Gasteiger partial charge >= 0.3 is 0 Å². The van der Waals surface area contributed by atoms with Crippen molar-refractivity contribution in [3.05, 3.63) is 47.9 Å². The fourth-order valence-corrected chi connectivity index (χ4v) is 2.22. The van der Waals surface area contributed by atoms with Gasteiger partial charge < -0.3 is 11.5 Å². The van der Waals surface area contributed by atoms with Crippen LogP contribution in [-0.2, 0) is 0 Å². The summed E-state index contributed by atoms with van der Waals surface area (Å²) in [6.07, 6.45) is 0. The number of pyridine rings is 2. The molecule has 5 heteroatoms. The molecule has 1 aromatic carbocycles. The van der Waals surface area contributed by atoms with Gasteiger partial charge in [-0.3, -0.25) is 4.98 Å². The van der Waals surface area contributed by atoms with Crippen LogP contribution in [0.25, 0.3) is 22.0 Å². The van der Waals surface area contributed by atoms with E-state index in [4.69, 9.17) is 11.5 Å². The third-order valence-electron chi connectivity index (χ3n) is 3.17. The highest BCUT2D eigenvalue weighted by Crippen LogP contribution is 2.33. The van der Waals surface area contributed by atoms with Gasteiger partial charge in [-0.1, -0.05) is 6.07 Å². The molecule has 0 aliphatic carbocycles. The van der Waals surface area contributed by atoms with E-state index in [1.807, 2.05) is 19.1 Å². The van der Waals surface area contributed by atoms with E-state index in [1.54, 1.807) is 18.2 Å². The van der Waals surface area contributed by atoms with Crippen molar-refractivity contribution in [1.29, 1.82) is 0 Å². The zero-order chi connectivity index (χ0) is 14.3. The highest BCUT2D eigenvalue weighted by molar-refractivity contribution is 5.96. The maximum absolute atomic E-state index is 14.3. The van der Waals surface area contributed by atoms with Crippen LogP contribution in [0.15, 0.2) is 36.4 Å². The smallest absolute Gasteiger partial charge is 0.133 e. The third-order valence-corrected chi connectivity index (χ3v) is 3.17. The predicted octanol–water partition coefficient (Wildman–Crippen LogP) is 2.91. The molecule has 0 unspecified atom stereocenters. The van der Waals surface area contributed by atoms with Gasteiger partial charge in [0.15, 0.2) is 0 Å². The average molecular weight is 268 g/mol. The van der Waals surface area contributed by atoms with Gasteiger partial charge in [-0.2, -0.15) is 0 Å². The Kier molecular flexibility index (Phi) is 2.75. The minimum atomic E-state index is -0.381. The third kappa shape index (κ3) is 1.93. The van der Waals surface area contributed by atoms with E-state index in [1.165, 1.54) is 6.07 Å². The van der Waals surface area contributed by atoms with Crippen LogP contribution in [0, 0.1) is 12.7 Å². The molecule has 2 heterocycles. The number of fused-ring (bicyclic) bond motifs is 1. The number of aryl methyl sites for hydroxylation is 1. The standard InChI is InChI=1S/C15H13FN4/c1-8-2-3-9-4-6-11(16)13(14(9)19-8)10-5-7-12(17)20-15(10)18/h2-7H,1H3,(H4,17,18,20). The number of aromatic nitrogens is 2. The first kappa shape index (κ1) is 12.3. The Hall–Kier alpha value is -2.69. The van der Waals surface area contributed by atoms with E-state index in [0.717, 1.165) is 11.1 Å². The van der Waals surface area contributed by atoms with E-state index in [2.05, 4.69) is 9.97 Å². The summed E-state index contributed by atoms with van der Waals surface area (Å²) in [5.74, 6) is 0.115. The van der Waals surface area contributed by atoms with Gasteiger partial charge in [0.05, 0.1) is 5.52 Å². The molecule has 0 saturated heterocycles. The Morgan fingerprint density at radius 3 is 2.45 bits per heavy atom. The van der Waals surface area contributed by atoms with Crippen molar-refractivity contribution in [2.75, 3.05) is 11.5 Å². The normalized spacial score (nSPS) is 10.9. The first-order valence-corrected chi connectivity index (χ1v) is 6.14. The summed E-state index contributed by atoms with van der Waals surface area (Å²) < 4.78 is 14.3. The summed E-state index contributed by atoms with van der Waals surface area (Å²) in [4.78, 5) is 8.40. The molecular weight excluding hydrogens is 255 g/mol. The molecule has 0 aliphatic heterocycles. The van der Waals surface area contributed by atoms with Crippen LogP contribution < -0.4 is 11.5 Å². The number of hydrogen-bond donors (Lipinski definition) is 2. The van der Waals surface area contributed by atoms with Crippen LogP contribution in [0.3, 0.4) is 0 Å². The van der Waals surface area contributed by atoms with Gasteiger partial charge in [0, 0.05) is 22.2 Å². The number of nitrogens with two attached hydrogens (primary N) is 2. The van der Waals surface area contributed by atoms with Crippen LogP contribution in [0.2, 0.25) is 0 Å². The van der Waals surface area contributed by atoms with Crippen molar-refractivity contribution in [3.8, 4) is 11.1 Å². The molecule has 100 valence electrons. The largest absolute Gasteiger partial charge is 0.384 e. The van der Waals surface area contributed by atoms with Crippen molar-refractivity contribution in [2.24, 2.45) is 0 Å². The zero-order valence-corrected chi connectivity index (χ0v) is 10.9. The quantitative estimate of drug-likeness (QED) is 0.711. The Labute approximate surface area is 115 Å². The molecule has 0 amide bonds. The van der Waals surface area contributed by atoms with E-state index >= 15 is 0 Å². The second kappa shape index (κ2) is 4.45. The average Bonchev–Trinajstić information content (AvgIpc) is 2.40. The minimum absolute atomic E-state index is 0.194. The van der Waals surface area contributed by atoms with Gasteiger partial charge in [-0.15, -0.1) is 0 Å². The van der Waals surface area contributed by atoms with Crippen molar-refractivity contribution < 1.29 is 4.39 Å². The molecule has 0 bridgehead atoms. The van der Waals surface area contributed by atoms with Crippen molar-refractivity contribution in [1.82, 2.24) is 9.97 Å². The second-order valence-electron chi connectivity index (χ2n) is 4.62. The number of nitrogen functional groups attached to an aromatic ring is 2. The maximum Gasteiger partial charge on any atom is 0.133 e. The number of anilines is 2. The lowest BCUT2D eigenvalue weighted by atomic mass is 10.0. The fraction of sp³-hybridized carbons (Fsp3) is 0.0667. The van der Waals surface area contributed by atoms with Gasteiger partial charge in [0.1, 0.15) is 17.5 Å². The predicted molar refractivity (Wildman–Crippen MR) is 78.5 cm³/mol. The molecule has 0 aliphatic rings. The molecule has 4 N–H and O–H groups in total. The number of rotatable bonds is 1. The number of benzene rings is 1. The maximum atomic E-state index is 14.3. The minimum Gasteiger partial charge on any atom is -0.384 e.